The molecule has 180 valence electrons. The second kappa shape index (κ2) is 10.1. The van der Waals surface area contributed by atoms with Gasteiger partial charge in [-0.3, -0.25) is 19.0 Å². The van der Waals surface area contributed by atoms with E-state index >= 15 is 0 Å². The summed E-state index contributed by atoms with van der Waals surface area (Å²) in [6.07, 6.45) is -3.99. The SMILES string of the molecule is CC(=O)OC[C@@H]1O[C@H](n2c(NC(C)C)nc3cc(Cl)c(Cl)cc32)[C@@H](OC(C)=O)[C@H]1OC(C)=O. The number of hydrogen-bond acceptors (Lipinski definition) is 9. The van der Waals surface area contributed by atoms with Crippen LogP contribution in [-0.2, 0) is 33.3 Å². The standard InChI is InChI=1S/C21H25Cl2N3O7/c1-9(2)24-21-25-15-6-13(22)14(23)7-16(15)26(21)20-19(32-12(5)29)18(31-11(4)28)17(33-20)8-30-10(3)27/h6-7,9,17-20H,8H2,1-5H3,(H,24,25)/t17-,18-,19-,20-/m0/s1. The number of carbonyl (C=O) groups excluding carboxylic acids is 3. The minimum absolute atomic E-state index is 0.0128. The fraction of sp³-hybridized carbons (Fsp3) is 0.524. The molecule has 1 saturated heterocycles. The molecule has 3 rings (SSSR count). The monoisotopic (exact) mass is 501 g/mol. The van der Waals surface area contributed by atoms with Crippen LogP contribution in [0.1, 0.15) is 40.8 Å². The van der Waals surface area contributed by atoms with E-state index in [0.717, 1.165) is 0 Å². The second-order valence-electron chi connectivity index (χ2n) is 7.88. The molecule has 1 aromatic heterocycles. The summed E-state index contributed by atoms with van der Waals surface area (Å²) >= 11 is 12.4. The van der Waals surface area contributed by atoms with Gasteiger partial charge >= 0.3 is 17.9 Å². The Morgan fingerprint density at radius 2 is 1.67 bits per heavy atom. The number of benzene rings is 1. The Kier molecular flexibility index (Phi) is 7.71. The number of ether oxygens (including phenoxy) is 4. The molecule has 1 fully saturated rings. The van der Waals surface area contributed by atoms with Crippen molar-refractivity contribution in [2.75, 3.05) is 11.9 Å². The number of fused-ring (bicyclic) bond motifs is 1. The first kappa shape index (κ1) is 25.1. The molecule has 2 aromatic rings. The summed E-state index contributed by atoms with van der Waals surface area (Å²) in [7, 11) is 0. The number of nitrogens with zero attached hydrogens (tertiary/aromatic N) is 2. The molecule has 0 spiro atoms. The van der Waals surface area contributed by atoms with Crippen molar-refractivity contribution in [3.05, 3.63) is 22.2 Å². The van der Waals surface area contributed by atoms with Gasteiger partial charge < -0.3 is 24.3 Å². The van der Waals surface area contributed by atoms with Gasteiger partial charge in [0.1, 0.15) is 12.7 Å². The summed E-state index contributed by atoms with van der Waals surface area (Å²) in [5.41, 5.74) is 1.06. The van der Waals surface area contributed by atoms with Crippen molar-refractivity contribution in [2.45, 2.75) is 65.2 Å². The molecule has 4 atom stereocenters. The van der Waals surface area contributed by atoms with Crippen LogP contribution in [0.2, 0.25) is 10.0 Å². The molecule has 2 heterocycles. The highest BCUT2D eigenvalue weighted by Gasteiger charge is 2.51. The van der Waals surface area contributed by atoms with Crippen LogP contribution in [0.5, 0.6) is 0 Å². The van der Waals surface area contributed by atoms with Gasteiger partial charge in [-0.2, -0.15) is 0 Å². The molecule has 0 aliphatic carbocycles. The van der Waals surface area contributed by atoms with E-state index in [1.165, 1.54) is 20.8 Å². The van der Waals surface area contributed by atoms with Gasteiger partial charge in [-0.15, -0.1) is 0 Å². The lowest BCUT2D eigenvalue weighted by atomic mass is 10.1. The average molecular weight is 502 g/mol. The third kappa shape index (κ3) is 5.69. The second-order valence-corrected chi connectivity index (χ2v) is 8.69. The number of aromatic nitrogens is 2. The normalized spacial score (nSPS) is 22.4. The predicted molar refractivity (Wildman–Crippen MR) is 120 cm³/mol. The van der Waals surface area contributed by atoms with Crippen LogP contribution in [0.4, 0.5) is 5.95 Å². The van der Waals surface area contributed by atoms with Crippen LogP contribution in [-0.4, -0.2) is 58.4 Å². The van der Waals surface area contributed by atoms with Crippen LogP contribution in [0.15, 0.2) is 12.1 Å². The number of anilines is 1. The molecule has 10 nitrogen and oxygen atoms in total. The van der Waals surface area contributed by atoms with E-state index in [1.54, 1.807) is 16.7 Å². The topological polar surface area (TPSA) is 118 Å². The molecule has 1 aliphatic rings. The van der Waals surface area contributed by atoms with Gasteiger partial charge in [0.25, 0.3) is 0 Å². The van der Waals surface area contributed by atoms with Gasteiger partial charge in [-0.25, -0.2) is 4.98 Å². The molecular weight excluding hydrogens is 477 g/mol. The molecule has 0 bridgehead atoms. The highest BCUT2D eigenvalue weighted by Crippen LogP contribution is 2.40. The Morgan fingerprint density at radius 1 is 1.06 bits per heavy atom. The van der Waals surface area contributed by atoms with E-state index < -0.39 is 42.4 Å². The molecule has 12 heteroatoms. The van der Waals surface area contributed by atoms with Crippen molar-refractivity contribution in [1.29, 1.82) is 0 Å². The van der Waals surface area contributed by atoms with Crippen molar-refractivity contribution >= 4 is 58.1 Å². The van der Waals surface area contributed by atoms with Crippen LogP contribution in [0, 0.1) is 0 Å². The van der Waals surface area contributed by atoms with E-state index in [9.17, 15) is 14.4 Å². The molecule has 0 amide bonds. The Morgan fingerprint density at radius 3 is 2.24 bits per heavy atom. The summed E-state index contributed by atoms with van der Waals surface area (Å²) < 4.78 is 23.9. The van der Waals surface area contributed by atoms with Gasteiger partial charge in [0, 0.05) is 26.8 Å². The fourth-order valence-electron chi connectivity index (χ4n) is 3.61. The van der Waals surface area contributed by atoms with Gasteiger partial charge in [0.15, 0.2) is 18.4 Å². The first-order valence-corrected chi connectivity index (χ1v) is 11.0. The zero-order valence-electron chi connectivity index (χ0n) is 18.8. The molecule has 1 N–H and O–H groups in total. The van der Waals surface area contributed by atoms with Crippen LogP contribution in [0.3, 0.4) is 0 Å². The number of carbonyl (C=O) groups is 3. The maximum Gasteiger partial charge on any atom is 0.303 e. The molecule has 0 radical (unpaired) electrons. The van der Waals surface area contributed by atoms with Crippen molar-refractivity contribution in [3.63, 3.8) is 0 Å². The quantitative estimate of drug-likeness (QED) is 0.448. The third-order valence-electron chi connectivity index (χ3n) is 4.74. The lowest BCUT2D eigenvalue weighted by molar-refractivity contribution is -0.166. The lowest BCUT2D eigenvalue weighted by Gasteiger charge is -2.25. The smallest absolute Gasteiger partial charge is 0.303 e. The first-order valence-electron chi connectivity index (χ1n) is 10.2. The predicted octanol–water partition coefficient (Wildman–Crippen LogP) is 3.49. The molecule has 1 aliphatic heterocycles. The van der Waals surface area contributed by atoms with Gasteiger partial charge in [-0.05, 0) is 26.0 Å². The summed E-state index contributed by atoms with van der Waals surface area (Å²) in [6, 6.07) is 3.21. The Labute approximate surface area is 200 Å². The Bertz CT molecular complexity index is 1070. The maximum atomic E-state index is 12.0. The summed E-state index contributed by atoms with van der Waals surface area (Å²) in [5, 5.41) is 3.83. The third-order valence-corrected chi connectivity index (χ3v) is 5.47. The van der Waals surface area contributed by atoms with E-state index in [1.807, 2.05) is 13.8 Å². The van der Waals surface area contributed by atoms with Gasteiger partial charge in [-0.1, -0.05) is 23.2 Å². The minimum Gasteiger partial charge on any atom is -0.463 e. The number of imidazole rings is 1. The van der Waals surface area contributed by atoms with Crippen molar-refractivity contribution in [2.24, 2.45) is 0 Å². The largest absolute Gasteiger partial charge is 0.463 e. The van der Waals surface area contributed by atoms with E-state index in [-0.39, 0.29) is 17.7 Å². The lowest BCUT2D eigenvalue weighted by Crippen LogP contribution is -2.40. The van der Waals surface area contributed by atoms with E-state index in [4.69, 9.17) is 42.1 Å². The number of hydrogen-bond donors (Lipinski definition) is 1. The number of esters is 3. The summed E-state index contributed by atoms with van der Waals surface area (Å²) in [6.45, 7) is 7.34. The highest BCUT2D eigenvalue weighted by atomic mass is 35.5. The molecule has 1 aromatic carbocycles. The van der Waals surface area contributed by atoms with Gasteiger partial charge in [0.05, 0.1) is 21.1 Å². The van der Waals surface area contributed by atoms with Gasteiger partial charge in [0.2, 0.25) is 5.95 Å². The Balaban J connectivity index is 2.16. The summed E-state index contributed by atoms with van der Waals surface area (Å²) in [5.74, 6) is -1.36. The van der Waals surface area contributed by atoms with Crippen LogP contribution < -0.4 is 5.32 Å². The maximum absolute atomic E-state index is 12.0. The first-order chi connectivity index (χ1) is 15.5. The van der Waals surface area contributed by atoms with E-state index in [2.05, 4.69) is 10.3 Å². The Hall–Kier alpha value is -2.56. The number of nitrogens with one attached hydrogen (secondary N) is 1. The zero-order valence-corrected chi connectivity index (χ0v) is 20.3. The molecule has 0 saturated carbocycles. The van der Waals surface area contributed by atoms with Crippen molar-refractivity contribution < 1.29 is 33.3 Å². The van der Waals surface area contributed by atoms with Crippen molar-refractivity contribution in [1.82, 2.24) is 9.55 Å². The summed E-state index contributed by atoms with van der Waals surface area (Å²) in [4.78, 5) is 39.8. The number of halogens is 2. The molecule has 0 unspecified atom stereocenters. The molecular formula is C21H25Cl2N3O7. The fourth-order valence-corrected chi connectivity index (χ4v) is 3.92. The number of rotatable bonds is 7. The van der Waals surface area contributed by atoms with Crippen molar-refractivity contribution in [3.8, 4) is 0 Å². The van der Waals surface area contributed by atoms with Crippen LogP contribution >= 0.6 is 23.2 Å². The van der Waals surface area contributed by atoms with Crippen LogP contribution in [0.25, 0.3) is 11.0 Å². The zero-order chi connectivity index (χ0) is 24.4. The highest BCUT2D eigenvalue weighted by molar-refractivity contribution is 6.42. The minimum atomic E-state index is -1.06. The molecule has 33 heavy (non-hydrogen) atoms. The van der Waals surface area contributed by atoms with E-state index in [0.29, 0.717) is 22.0 Å². The average Bonchev–Trinajstić information content (AvgIpc) is 3.17.